The summed E-state index contributed by atoms with van der Waals surface area (Å²) in [5.41, 5.74) is 1.08. The number of hydrogen-bond donors (Lipinski definition) is 2. The molecule has 0 spiro atoms. The molecule has 0 aromatic heterocycles. The molecule has 1 amide bonds. The van der Waals surface area contributed by atoms with Gasteiger partial charge in [-0.15, -0.1) is 0 Å². The number of nitrogens with one attached hydrogen (secondary N) is 2. The van der Waals surface area contributed by atoms with Crippen LogP contribution in [0.3, 0.4) is 0 Å². The largest absolute Gasteiger partial charge is 0.491 e. The summed E-state index contributed by atoms with van der Waals surface area (Å²) >= 11 is 6.11. The number of para-hydroxylation sites is 1. The summed E-state index contributed by atoms with van der Waals surface area (Å²) in [6.45, 7) is 3.81. The van der Waals surface area contributed by atoms with Crippen LogP contribution in [-0.2, 0) is 10.0 Å². The van der Waals surface area contributed by atoms with Gasteiger partial charge in [0, 0.05) is 23.0 Å². The van der Waals surface area contributed by atoms with Gasteiger partial charge in [0.1, 0.15) is 10.6 Å². The zero-order chi connectivity index (χ0) is 21.7. The molecule has 0 aliphatic heterocycles. The molecule has 0 radical (unpaired) electrons. The molecule has 3 aromatic rings. The van der Waals surface area contributed by atoms with Crippen molar-refractivity contribution < 1.29 is 17.9 Å². The minimum Gasteiger partial charge on any atom is -0.491 e. The summed E-state index contributed by atoms with van der Waals surface area (Å²) in [5, 5.41) is 2.76. The summed E-state index contributed by atoms with van der Waals surface area (Å²) in [6.07, 6.45) is -0.00269. The van der Waals surface area contributed by atoms with Crippen LogP contribution in [0.15, 0.2) is 77.7 Å². The van der Waals surface area contributed by atoms with Crippen LogP contribution in [0.4, 0.5) is 11.4 Å². The average molecular weight is 445 g/mol. The molecule has 0 fully saturated rings. The Bertz CT molecular complexity index is 1150. The molecule has 3 aromatic carbocycles. The van der Waals surface area contributed by atoms with E-state index in [1.807, 2.05) is 13.8 Å². The first kappa shape index (κ1) is 21.7. The van der Waals surface area contributed by atoms with Crippen LogP contribution >= 0.6 is 11.6 Å². The van der Waals surface area contributed by atoms with E-state index in [4.69, 9.17) is 16.3 Å². The molecular weight excluding hydrogens is 424 g/mol. The van der Waals surface area contributed by atoms with Crippen LogP contribution in [0.25, 0.3) is 0 Å². The van der Waals surface area contributed by atoms with E-state index in [0.717, 1.165) is 0 Å². The Balaban J connectivity index is 1.83. The van der Waals surface area contributed by atoms with Crippen molar-refractivity contribution in [3.8, 4) is 5.75 Å². The molecule has 0 heterocycles. The molecule has 30 heavy (non-hydrogen) atoms. The lowest BCUT2D eigenvalue weighted by molar-refractivity contribution is 0.102. The number of carbonyl (C=O) groups excluding carboxylic acids is 1. The Kier molecular flexibility index (Phi) is 6.64. The van der Waals surface area contributed by atoms with E-state index < -0.39 is 15.9 Å². The van der Waals surface area contributed by atoms with Gasteiger partial charge in [0.2, 0.25) is 0 Å². The molecule has 0 saturated heterocycles. The summed E-state index contributed by atoms with van der Waals surface area (Å²) in [5.74, 6) is 0.152. The number of halogens is 1. The fourth-order valence-electron chi connectivity index (χ4n) is 2.69. The van der Waals surface area contributed by atoms with Crippen molar-refractivity contribution in [3.05, 3.63) is 83.4 Å². The Morgan fingerprint density at radius 3 is 2.33 bits per heavy atom. The van der Waals surface area contributed by atoms with E-state index in [-0.39, 0.29) is 21.6 Å². The van der Waals surface area contributed by atoms with Gasteiger partial charge in [-0.2, -0.15) is 0 Å². The molecule has 156 valence electrons. The molecule has 0 atom stereocenters. The summed E-state index contributed by atoms with van der Waals surface area (Å²) in [4.78, 5) is 12.5. The Labute approximate surface area is 180 Å². The van der Waals surface area contributed by atoms with E-state index in [1.54, 1.807) is 54.6 Å². The molecule has 8 heteroatoms. The van der Waals surface area contributed by atoms with Crippen LogP contribution in [0.5, 0.6) is 5.75 Å². The summed E-state index contributed by atoms with van der Waals surface area (Å²) < 4.78 is 33.6. The van der Waals surface area contributed by atoms with E-state index in [9.17, 15) is 13.2 Å². The van der Waals surface area contributed by atoms with E-state index in [0.29, 0.717) is 17.1 Å². The second kappa shape index (κ2) is 9.19. The molecule has 3 rings (SSSR count). The van der Waals surface area contributed by atoms with Crippen LogP contribution in [0, 0.1) is 0 Å². The average Bonchev–Trinajstić information content (AvgIpc) is 2.68. The van der Waals surface area contributed by atoms with Gasteiger partial charge in [-0.3, -0.25) is 9.52 Å². The van der Waals surface area contributed by atoms with Gasteiger partial charge in [-0.05, 0) is 56.3 Å². The quantitative estimate of drug-likeness (QED) is 0.525. The summed E-state index contributed by atoms with van der Waals surface area (Å²) in [6, 6.07) is 19.5. The lowest BCUT2D eigenvalue weighted by atomic mass is 10.2. The fraction of sp³-hybridized carbons (Fsp3) is 0.136. The van der Waals surface area contributed by atoms with Gasteiger partial charge in [0.15, 0.2) is 0 Å². The van der Waals surface area contributed by atoms with Gasteiger partial charge in [-0.1, -0.05) is 35.9 Å². The maximum absolute atomic E-state index is 12.8. The van der Waals surface area contributed by atoms with Crippen LogP contribution in [0.2, 0.25) is 5.02 Å². The van der Waals surface area contributed by atoms with Crippen LogP contribution < -0.4 is 14.8 Å². The first-order valence-corrected chi connectivity index (χ1v) is 11.1. The number of anilines is 2. The number of carbonyl (C=O) groups is 1. The predicted molar refractivity (Wildman–Crippen MR) is 119 cm³/mol. The van der Waals surface area contributed by atoms with Crippen molar-refractivity contribution >= 4 is 38.9 Å². The topological polar surface area (TPSA) is 84.5 Å². The number of ether oxygens (including phenoxy) is 1. The molecule has 2 N–H and O–H groups in total. The maximum Gasteiger partial charge on any atom is 0.263 e. The Morgan fingerprint density at radius 1 is 0.933 bits per heavy atom. The van der Waals surface area contributed by atoms with E-state index in [2.05, 4.69) is 10.0 Å². The minimum absolute atomic E-state index is 0.00269. The van der Waals surface area contributed by atoms with Crippen molar-refractivity contribution in [3.63, 3.8) is 0 Å². The molecule has 0 aliphatic rings. The van der Waals surface area contributed by atoms with Crippen molar-refractivity contribution in [2.75, 3.05) is 10.0 Å². The third-order valence-corrected chi connectivity index (χ3v) is 5.84. The van der Waals surface area contributed by atoms with Crippen molar-refractivity contribution in [1.29, 1.82) is 0 Å². The Morgan fingerprint density at radius 2 is 1.63 bits per heavy atom. The number of amides is 1. The van der Waals surface area contributed by atoms with Gasteiger partial charge in [0.25, 0.3) is 15.9 Å². The molecule has 0 bridgehead atoms. The van der Waals surface area contributed by atoms with Crippen molar-refractivity contribution in [1.82, 2.24) is 0 Å². The second-order valence-corrected chi connectivity index (χ2v) is 8.82. The fourth-order valence-corrected chi connectivity index (χ4v) is 4.27. The number of benzene rings is 3. The lowest BCUT2D eigenvalue weighted by Crippen LogP contribution is -2.16. The predicted octanol–water partition coefficient (Wildman–Crippen LogP) is 5.18. The minimum atomic E-state index is -3.98. The first-order valence-electron chi connectivity index (χ1n) is 9.20. The highest BCUT2D eigenvalue weighted by molar-refractivity contribution is 7.92. The third-order valence-electron chi connectivity index (χ3n) is 3.97. The number of hydrogen-bond acceptors (Lipinski definition) is 4. The molecule has 6 nitrogen and oxygen atoms in total. The zero-order valence-electron chi connectivity index (χ0n) is 16.4. The highest BCUT2D eigenvalue weighted by atomic mass is 35.5. The molecular formula is C22H21ClN2O4S. The van der Waals surface area contributed by atoms with E-state index in [1.165, 1.54) is 18.2 Å². The monoisotopic (exact) mass is 444 g/mol. The Hall–Kier alpha value is -3.03. The lowest BCUT2D eigenvalue weighted by Gasteiger charge is -2.13. The number of sulfonamides is 1. The maximum atomic E-state index is 12.8. The molecule has 0 saturated carbocycles. The third kappa shape index (κ3) is 5.52. The van der Waals surface area contributed by atoms with Crippen molar-refractivity contribution in [2.45, 2.75) is 24.8 Å². The van der Waals surface area contributed by atoms with Gasteiger partial charge < -0.3 is 10.1 Å². The smallest absolute Gasteiger partial charge is 0.263 e. The van der Waals surface area contributed by atoms with Gasteiger partial charge in [0.05, 0.1) is 11.1 Å². The molecule has 0 aliphatic carbocycles. The van der Waals surface area contributed by atoms with E-state index >= 15 is 0 Å². The highest BCUT2D eigenvalue weighted by Crippen LogP contribution is 2.26. The standard InChI is InChI=1S/C22H21ClN2O4S/c1-15(2)29-19-10-6-9-18(14-19)24-22(26)16-11-12-20(23)21(13-16)30(27,28)25-17-7-4-3-5-8-17/h3-15,25H,1-2H3,(H,24,26). The molecule has 0 unspecified atom stereocenters. The second-order valence-electron chi connectivity index (χ2n) is 6.77. The zero-order valence-corrected chi connectivity index (χ0v) is 18.0. The number of rotatable bonds is 7. The first-order chi connectivity index (χ1) is 14.2. The van der Waals surface area contributed by atoms with Crippen LogP contribution in [0.1, 0.15) is 24.2 Å². The highest BCUT2D eigenvalue weighted by Gasteiger charge is 2.20. The summed E-state index contributed by atoms with van der Waals surface area (Å²) in [7, 11) is -3.98. The van der Waals surface area contributed by atoms with Crippen molar-refractivity contribution in [2.24, 2.45) is 0 Å². The van der Waals surface area contributed by atoms with Gasteiger partial charge >= 0.3 is 0 Å². The van der Waals surface area contributed by atoms with Crippen LogP contribution in [-0.4, -0.2) is 20.4 Å². The van der Waals surface area contributed by atoms with Gasteiger partial charge in [-0.25, -0.2) is 8.42 Å². The normalized spacial score (nSPS) is 11.2. The SMILES string of the molecule is CC(C)Oc1cccc(NC(=O)c2ccc(Cl)c(S(=O)(=O)Nc3ccccc3)c2)c1.